The lowest BCUT2D eigenvalue weighted by atomic mass is 10.1. The Hall–Kier alpha value is -2.16. The van der Waals surface area contributed by atoms with Gasteiger partial charge in [-0.25, -0.2) is 9.18 Å². The Bertz CT molecular complexity index is 736. The number of halogens is 2. The predicted octanol–water partition coefficient (Wildman–Crippen LogP) is 3.14. The molecular formula is C19H23FIN3O2. The molecule has 0 bridgehead atoms. The van der Waals surface area contributed by atoms with E-state index >= 15 is 0 Å². The van der Waals surface area contributed by atoms with Crippen LogP contribution in [0.5, 0.6) is 0 Å². The summed E-state index contributed by atoms with van der Waals surface area (Å²) in [5, 5.41) is 6.35. The number of hydrogen-bond acceptors (Lipinski definition) is 3. The van der Waals surface area contributed by atoms with Crippen LogP contribution < -0.4 is 10.6 Å². The second kappa shape index (κ2) is 11.5. The molecule has 2 rings (SSSR count). The summed E-state index contributed by atoms with van der Waals surface area (Å²) in [4.78, 5) is 15.5. The number of nitrogens with zero attached hydrogens (tertiary/aromatic N) is 1. The minimum absolute atomic E-state index is 0. The van der Waals surface area contributed by atoms with E-state index in [2.05, 4.69) is 20.4 Å². The molecule has 2 aromatic carbocycles. The molecule has 0 radical (unpaired) electrons. The second-order valence-electron chi connectivity index (χ2n) is 5.42. The highest BCUT2D eigenvalue weighted by Gasteiger charge is 2.04. The summed E-state index contributed by atoms with van der Waals surface area (Å²) >= 11 is 0. The maximum atomic E-state index is 13.2. The molecule has 0 unspecified atom stereocenters. The number of carbonyl (C=O) groups excluding carboxylic acids is 1. The molecule has 0 aliphatic carbocycles. The van der Waals surface area contributed by atoms with Crippen molar-refractivity contribution in [3.63, 3.8) is 0 Å². The van der Waals surface area contributed by atoms with E-state index in [0.29, 0.717) is 24.6 Å². The summed E-state index contributed by atoms with van der Waals surface area (Å²) in [6, 6.07) is 13.7. The van der Waals surface area contributed by atoms with Gasteiger partial charge in [-0.3, -0.25) is 4.99 Å². The molecule has 140 valence electrons. The molecule has 0 aliphatic rings. The van der Waals surface area contributed by atoms with Gasteiger partial charge in [0.1, 0.15) is 5.82 Å². The largest absolute Gasteiger partial charge is 0.465 e. The van der Waals surface area contributed by atoms with Crippen LogP contribution >= 0.6 is 24.0 Å². The van der Waals surface area contributed by atoms with Gasteiger partial charge in [-0.1, -0.05) is 24.3 Å². The van der Waals surface area contributed by atoms with Crippen LogP contribution in [0.15, 0.2) is 53.5 Å². The zero-order valence-electron chi connectivity index (χ0n) is 14.8. The van der Waals surface area contributed by atoms with Crippen molar-refractivity contribution in [1.82, 2.24) is 10.6 Å². The molecule has 0 atom stereocenters. The van der Waals surface area contributed by atoms with Gasteiger partial charge in [0.05, 0.1) is 12.7 Å². The Labute approximate surface area is 170 Å². The van der Waals surface area contributed by atoms with Gasteiger partial charge in [0.15, 0.2) is 5.96 Å². The molecule has 0 saturated carbocycles. The molecule has 0 aliphatic heterocycles. The number of hydrogen-bond donors (Lipinski definition) is 2. The third kappa shape index (κ3) is 6.99. The number of ether oxygens (including phenoxy) is 1. The van der Waals surface area contributed by atoms with Crippen LogP contribution in [0.25, 0.3) is 0 Å². The molecular weight excluding hydrogens is 448 g/mol. The van der Waals surface area contributed by atoms with E-state index in [1.807, 2.05) is 18.2 Å². The highest BCUT2D eigenvalue weighted by atomic mass is 127. The average molecular weight is 471 g/mol. The van der Waals surface area contributed by atoms with Gasteiger partial charge < -0.3 is 15.4 Å². The average Bonchev–Trinajstić information content (AvgIpc) is 2.64. The van der Waals surface area contributed by atoms with Crippen LogP contribution in [-0.2, 0) is 17.7 Å². The maximum absolute atomic E-state index is 13.2. The first-order valence-corrected chi connectivity index (χ1v) is 7.98. The fourth-order valence-corrected chi connectivity index (χ4v) is 2.30. The minimum Gasteiger partial charge on any atom is -0.465 e. The number of nitrogens with one attached hydrogen (secondary N) is 2. The van der Waals surface area contributed by atoms with E-state index in [-0.39, 0.29) is 35.8 Å². The molecule has 0 heterocycles. The quantitative estimate of drug-likeness (QED) is 0.294. The number of esters is 1. The SMILES string of the molecule is CN=C(NCCc1ccc(C(=O)OC)cc1)NCc1cccc(F)c1.I. The minimum atomic E-state index is -0.341. The third-order valence-corrected chi connectivity index (χ3v) is 3.65. The summed E-state index contributed by atoms with van der Waals surface area (Å²) in [5.41, 5.74) is 2.48. The van der Waals surface area contributed by atoms with E-state index < -0.39 is 0 Å². The smallest absolute Gasteiger partial charge is 0.337 e. The van der Waals surface area contributed by atoms with Crippen molar-refractivity contribution < 1.29 is 13.9 Å². The number of aliphatic imine (C=N–C) groups is 1. The molecule has 5 nitrogen and oxygen atoms in total. The van der Waals surface area contributed by atoms with Crippen molar-refractivity contribution in [2.75, 3.05) is 20.7 Å². The monoisotopic (exact) mass is 471 g/mol. The molecule has 0 amide bonds. The van der Waals surface area contributed by atoms with Gasteiger partial charge in [-0.2, -0.15) is 0 Å². The van der Waals surface area contributed by atoms with Crippen molar-refractivity contribution in [1.29, 1.82) is 0 Å². The molecule has 0 saturated heterocycles. The maximum Gasteiger partial charge on any atom is 0.337 e. The van der Waals surface area contributed by atoms with Gasteiger partial charge in [0.2, 0.25) is 0 Å². The molecule has 7 heteroatoms. The van der Waals surface area contributed by atoms with Gasteiger partial charge in [0, 0.05) is 20.1 Å². The van der Waals surface area contributed by atoms with E-state index in [4.69, 9.17) is 0 Å². The summed E-state index contributed by atoms with van der Waals surface area (Å²) in [5.74, 6) is 0.0553. The van der Waals surface area contributed by atoms with Crippen LogP contribution in [0.4, 0.5) is 4.39 Å². The van der Waals surface area contributed by atoms with Crippen molar-refractivity contribution in [2.24, 2.45) is 4.99 Å². The van der Waals surface area contributed by atoms with Crippen LogP contribution in [-0.4, -0.2) is 32.6 Å². The number of carbonyl (C=O) groups is 1. The Morgan fingerprint density at radius 2 is 1.85 bits per heavy atom. The molecule has 0 spiro atoms. The Kier molecular flexibility index (Phi) is 9.64. The van der Waals surface area contributed by atoms with Gasteiger partial charge in [-0.05, 0) is 41.8 Å². The fraction of sp³-hybridized carbons (Fsp3) is 0.263. The lowest BCUT2D eigenvalue weighted by Crippen LogP contribution is -2.37. The molecule has 0 aromatic heterocycles. The van der Waals surface area contributed by atoms with E-state index in [9.17, 15) is 9.18 Å². The van der Waals surface area contributed by atoms with Gasteiger partial charge >= 0.3 is 5.97 Å². The van der Waals surface area contributed by atoms with Gasteiger partial charge in [0.25, 0.3) is 0 Å². The lowest BCUT2D eigenvalue weighted by molar-refractivity contribution is 0.0600. The lowest BCUT2D eigenvalue weighted by Gasteiger charge is -2.12. The Balaban J connectivity index is 0.00000338. The van der Waals surface area contributed by atoms with Crippen molar-refractivity contribution in [3.05, 3.63) is 71.0 Å². The van der Waals surface area contributed by atoms with Crippen LogP contribution in [0.3, 0.4) is 0 Å². The highest BCUT2D eigenvalue weighted by Crippen LogP contribution is 2.06. The Morgan fingerprint density at radius 3 is 2.46 bits per heavy atom. The van der Waals surface area contributed by atoms with Crippen molar-refractivity contribution >= 4 is 35.9 Å². The first-order chi connectivity index (χ1) is 12.1. The standard InChI is InChI=1S/C19H22FN3O2.HI/c1-21-19(23-13-15-4-3-5-17(20)12-15)22-11-10-14-6-8-16(9-7-14)18(24)25-2;/h3-9,12H,10-11,13H2,1-2H3,(H2,21,22,23);1H. The second-order valence-corrected chi connectivity index (χ2v) is 5.42. The molecule has 26 heavy (non-hydrogen) atoms. The zero-order valence-corrected chi connectivity index (χ0v) is 17.1. The van der Waals surface area contributed by atoms with E-state index in [1.165, 1.54) is 19.2 Å². The third-order valence-electron chi connectivity index (χ3n) is 3.65. The van der Waals surface area contributed by atoms with Crippen LogP contribution in [0, 0.1) is 5.82 Å². The summed E-state index contributed by atoms with van der Waals surface area (Å²) < 4.78 is 17.8. The number of guanidine groups is 1. The molecule has 0 fully saturated rings. The topological polar surface area (TPSA) is 62.7 Å². The first-order valence-electron chi connectivity index (χ1n) is 7.98. The van der Waals surface area contributed by atoms with Crippen molar-refractivity contribution in [2.45, 2.75) is 13.0 Å². The summed E-state index contributed by atoms with van der Waals surface area (Å²) in [6.07, 6.45) is 0.780. The number of methoxy groups -OCH3 is 1. The normalized spacial score (nSPS) is 10.7. The number of rotatable bonds is 6. The highest BCUT2D eigenvalue weighted by molar-refractivity contribution is 14.0. The Morgan fingerprint density at radius 1 is 1.12 bits per heavy atom. The summed E-state index contributed by atoms with van der Waals surface area (Å²) in [7, 11) is 3.05. The van der Waals surface area contributed by atoms with Crippen LogP contribution in [0.2, 0.25) is 0 Å². The fourth-order valence-electron chi connectivity index (χ4n) is 2.30. The van der Waals surface area contributed by atoms with Crippen molar-refractivity contribution in [3.8, 4) is 0 Å². The molecule has 2 N–H and O–H groups in total. The number of benzene rings is 2. The van der Waals surface area contributed by atoms with E-state index in [1.54, 1.807) is 25.2 Å². The van der Waals surface area contributed by atoms with Gasteiger partial charge in [-0.15, -0.1) is 24.0 Å². The first kappa shape index (κ1) is 21.9. The van der Waals surface area contributed by atoms with Crippen LogP contribution in [0.1, 0.15) is 21.5 Å². The summed E-state index contributed by atoms with van der Waals surface area (Å²) in [6.45, 7) is 1.17. The molecule has 2 aromatic rings. The predicted molar refractivity (Wildman–Crippen MR) is 112 cm³/mol. The zero-order chi connectivity index (χ0) is 18.1. The van der Waals surface area contributed by atoms with E-state index in [0.717, 1.165) is 17.5 Å².